The van der Waals surface area contributed by atoms with Gasteiger partial charge < -0.3 is 123 Å². The van der Waals surface area contributed by atoms with Crippen LogP contribution in [0.2, 0.25) is 0 Å². The van der Waals surface area contributed by atoms with E-state index in [1.165, 1.54) is 68.8 Å². The fraction of sp³-hybridized carbons (Fsp3) is 0.375. The zero-order chi connectivity index (χ0) is 62.3. The van der Waals surface area contributed by atoms with Gasteiger partial charge in [0.2, 0.25) is 18.9 Å². The third kappa shape index (κ3) is 14.9. The number of esters is 3. The molecule has 30 heteroatoms. The van der Waals surface area contributed by atoms with Gasteiger partial charge in [-0.15, -0.1) is 0 Å². The number of hydrogen-bond acceptors (Lipinski definition) is 29. The number of fused-ring (bicyclic) bond motifs is 1. The second-order valence-electron chi connectivity index (χ2n) is 19.4. The van der Waals surface area contributed by atoms with Crippen molar-refractivity contribution in [1.82, 2.24) is 0 Å². The number of ether oxygens (including phenoxy) is 11. The molecule has 13 N–H and O–H groups in total. The first kappa shape index (κ1) is 63.4. The van der Waals surface area contributed by atoms with Gasteiger partial charge in [-0.1, -0.05) is 12.1 Å². The van der Waals surface area contributed by atoms with Crippen LogP contribution in [0.1, 0.15) is 17.5 Å². The van der Waals surface area contributed by atoms with Crippen LogP contribution in [0.5, 0.6) is 46.0 Å². The highest BCUT2D eigenvalue weighted by Crippen LogP contribution is 2.43. The van der Waals surface area contributed by atoms with E-state index in [4.69, 9.17) is 61.6 Å². The van der Waals surface area contributed by atoms with Gasteiger partial charge in [-0.3, -0.25) is 14.4 Å². The maximum Gasteiger partial charge on any atom is 0.330 e. The highest BCUT2D eigenvalue weighted by atomic mass is 16.7. The van der Waals surface area contributed by atoms with E-state index in [1.54, 1.807) is 0 Å². The fourth-order valence-electron chi connectivity index (χ4n) is 8.80. The summed E-state index contributed by atoms with van der Waals surface area (Å²) in [6.45, 7) is -2.29. The van der Waals surface area contributed by atoms with Crippen molar-refractivity contribution in [1.29, 1.82) is 0 Å². The lowest BCUT2D eigenvalue weighted by molar-refractivity contribution is -0.278. The Balaban J connectivity index is 1.06. The Morgan fingerprint density at radius 1 is 0.500 bits per heavy atom. The summed E-state index contributed by atoms with van der Waals surface area (Å²) in [5.41, 5.74) is -0.539. The number of benzene rings is 4. The van der Waals surface area contributed by atoms with Gasteiger partial charge in [-0.05, 0) is 71.8 Å². The number of rotatable bonds is 21. The minimum atomic E-state index is -2.12. The quantitative estimate of drug-likeness (QED) is 0.0175. The van der Waals surface area contributed by atoms with Crippen molar-refractivity contribution in [3.05, 3.63) is 106 Å². The number of aromatic hydroxyl groups is 3. The molecule has 15 atom stereocenters. The van der Waals surface area contributed by atoms with Crippen molar-refractivity contribution in [2.45, 2.75) is 98.5 Å². The van der Waals surface area contributed by atoms with Gasteiger partial charge in [0, 0.05) is 29.8 Å². The lowest BCUT2D eigenvalue weighted by Gasteiger charge is -2.40. The van der Waals surface area contributed by atoms with Crippen molar-refractivity contribution >= 4 is 36.0 Å². The SMILES string of the molecule is COc1cc(C=CC(=O)OC[C@@H]2O[C@@H](Oc3cc4oc(-c5ccc(O)c(O[C@@H]6O[C@H](COC(=O)C=Cc7ccc(O)c(OC)c7)[C@H](O)[C@H](O)[C@H]6O)c5)c(O[C@@H]5O[C@@H](COC(=O)CC(=O)O)[C@H](O)[C@H](O)[C@@H]5O)cc-4c(=O)c3)[C@H](O)[C@@H](O)[C@H]2O)ccc1O. The molecule has 0 spiro atoms. The third-order valence-electron chi connectivity index (χ3n) is 13.5. The van der Waals surface area contributed by atoms with Crippen LogP contribution in [0.4, 0.5) is 0 Å². The van der Waals surface area contributed by atoms with E-state index in [9.17, 15) is 85.3 Å². The van der Waals surface area contributed by atoms with E-state index in [-0.39, 0.29) is 39.9 Å². The third-order valence-corrected chi connectivity index (χ3v) is 13.5. The monoisotopic (exact) mass is 1210 g/mol. The number of methoxy groups -OCH3 is 2. The predicted octanol–water partition coefficient (Wildman–Crippen LogP) is -1.36. The summed E-state index contributed by atoms with van der Waals surface area (Å²) in [5.74, 6) is -7.70. The molecule has 5 aliphatic rings. The van der Waals surface area contributed by atoms with Gasteiger partial charge in [0.25, 0.3) is 0 Å². The molecular weight excluding hydrogens is 1150 g/mol. The van der Waals surface area contributed by atoms with Crippen molar-refractivity contribution in [2.75, 3.05) is 34.0 Å². The van der Waals surface area contributed by atoms with Crippen molar-refractivity contribution in [2.24, 2.45) is 0 Å². The first-order chi connectivity index (χ1) is 40.9. The summed E-state index contributed by atoms with van der Waals surface area (Å²) < 4.78 is 66.4. The molecule has 86 heavy (non-hydrogen) atoms. The zero-order valence-corrected chi connectivity index (χ0v) is 45.0. The van der Waals surface area contributed by atoms with E-state index in [2.05, 4.69) is 0 Å². The summed E-state index contributed by atoms with van der Waals surface area (Å²) in [4.78, 5) is 62.5. The summed E-state index contributed by atoms with van der Waals surface area (Å²) in [5, 5.41) is 138. The van der Waals surface area contributed by atoms with E-state index in [1.807, 2.05) is 0 Å². The predicted molar refractivity (Wildman–Crippen MR) is 283 cm³/mol. The molecule has 0 radical (unpaired) electrons. The minimum absolute atomic E-state index is 0.118. The molecule has 3 aromatic carbocycles. The molecule has 4 heterocycles. The van der Waals surface area contributed by atoms with Gasteiger partial charge in [-0.2, -0.15) is 0 Å². The number of carboxylic acids is 1. The average Bonchev–Trinajstić information content (AvgIpc) is 1.31. The summed E-state index contributed by atoms with van der Waals surface area (Å²) in [6.07, 6.45) is -25.0. The number of aliphatic carboxylic acids is 1. The number of phenolic OH excluding ortho intramolecular Hbond substituents is 3. The van der Waals surface area contributed by atoms with Crippen molar-refractivity contribution in [3.8, 4) is 68.6 Å². The Labute approximate surface area is 484 Å². The van der Waals surface area contributed by atoms with Crippen molar-refractivity contribution < 1.29 is 142 Å². The van der Waals surface area contributed by atoms with Gasteiger partial charge in [0.1, 0.15) is 111 Å². The first-order valence-corrected chi connectivity index (χ1v) is 25.8. The normalized spacial score (nSPS) is 27.5. The molecule has 30 nitrogen and oxygen atoms in total. The summed E-state index contributed by atoms with van der Waals surface area (Å²) in [6, 6.07) is 14.7. The smallest absolute Gasteiger partial charge is 0.330 e. The van der Waals surface area contributed by atoms with Crippen LogP contribution < -0.4 is 29.1 Å². The van der Waals surface area contributed by atoms with Gasteiger partial charge in [0.15, 0.2) is 51.4 Å². The van der Waals surface area contributed by atoms with Gasteiger partial charge >= 0.3 is 23.9 Å². The highest BCUT2D eigenvalue weighted by Gasteiger charge is 2.49. The maximum absolute atomic E-state index is 14.0. The molecule has 0 amide bonds. The second kappa shape index (κ2) is 27.6. The number of phenols is 3. The Hall–Kier alpha value is -8.63. The Morgan fingerprint density at radius 3 is 1.42 bits per heavy atom. The second-order valence-corrected chi connectivity index (χ2v) is 19.4. The minimum Gasteiger partial charge on any atom is -0.504 e. The molecule has 4 aliphatic heterocycles. The molecule has 1 aliphatic carbocycles. The van der Waals surface area contributed by atoms with E-state index in [0.717, 1.165) is 42.5 Å². The molecule has 0 aromatic heterocycles. The topological polar surface area (TPSA) is 463 Å². The molecule has 0 saturated carbocycles. The highest BCUT2D eigenvalue weighted by molar-refractivity contribution is 5.90. The van der Waals surface area contributed by atoms with Crippen LogP contribution in [0.3, 0.4) is 0 Å². The van der Waals surface area contributed by atoms with E-state index >= 15 is 0 Å². The van der Waals surface area contributed by atoms with Crippen LogP contribution in [0, 0.1) is 0 Å². The van der Waals surface area contributed by atoms with Crippen LogP contribution in [0.25, 0.3) is 34.8 Å². The van der Waals surface area contributed by atoms with Crippen LogP contribution in [0.15, 0.2) is 94.2 Å². The van der Waals surface area contributed by atoms with Crippen LogP contribution in [-0.2, 0) is 47.6 Å². The Morgan fingerprint density at radius 2 is 0.942 bits per heavy atom. The molecule has 3 aromatic rings. The lowest BCUT2D eigenvalue weighted by Crippen LogP contribution is -2.60. The molecule has 8 rings (SSSR count). The van der Waals surface area contributed by atoms with E-state index < -0.39 is 176 Å². The molecule has 462 valence electrons. The van der Waals surface area contributed by atoms with Crippen LogP contribution in [-0.4, -0.2) is 216 Å². The molecular formula is C56H58O30. The van der Waals surface area contributed by atoms with Crippen molar-refractivity contribution in [3.63, 3.8) is 0 Å². The summed E-state index contributed by atoms with van der Waals surface area (Å²) in [7, 11) is 2.65. The molecule has 3 fully saturated rings. The molecule has 0 bridgehead atoms. The number of carboxylic acid groups (broad SMARTS) is 1. The number of carbonyl (C=O) groups is 4. The Kier molecular flexibility index (Phi) is 20.3. The number of hydrogen-bond donors (Lipinski definition) is 13. The average molecular weight is 1210 g/mol. The van der Waals surface area contributed by atoms with Crippen LogP contribution >= 0.6 is 0 Å². The van der Waals surface area contributed by atoms with E-state index in [0.29, 0.717) is 11.1 Å². The summed E-state index contributed by atoms with van der Waals surface area (Å²) >= 11 is 0. The van der Waals surface area contributed by atoms with Gasteiger partial charge in [-0.25, -0.2) is 9.59 Å². The Bertz CT molecular complexity index is 3320. The number of carbonyl (C=O) groups excluding carboxylic acids is 3. The maximum atomic E-state index is 14.0. The molecule has 0 unspecified atom stereocenters. The lowest BCUT2D eigenvalue weighted by atomic mass is 9.99. The van der Waals surface area contributed by atoms with Gasteiger partial charge in [0.05, 0.1) is 19.8 Å². The number of aliphatic hydroxyl groups excluding tert-OH is 9. The standard InChI is InChI=1S/C56H58O30/c1-75-33-13-23(3-8-28(33)57)5-11-41(63)77-20-37-44(66)47(69)50(72)54(84-37)80-26-16-31(60)27-18-36(83-56-52(74)49(71)46(68)39(86-56)22-79-43(65)19-40(61)62)53(81-32(27)17-26)25-7-10-30(59)35(15-25)82-55-51(73)48(70)45(67)38(85-55)21-78-42(64)12-6-24-4-9-29(58)34(14-24)76-2/h3-18,37-39,44-52,54-59,66-74H,19-22H2,1-2H3,(H,61,62)/t37-,38+,39-,44-,45-,46-,47-,48-,49-,50+,51+,52-,54+,55+,56+/m0/s1. The molecule has 3 saturated heterocycles. The fourth-order valence-corrected chi connectivity index (χ4v) is 8.80. The first-order valence-electron chi connectivity index (χ1n) is 25.8. The zero-order valence-electron chi connectivity index (χ0n) is 45.0. The largest absolute Gasteiger partial charge is 0.504 e. The number of aliphatic hydroxyl groups is 9.